The van der Waals surface area contributed by atoms with Gasteiger partial charge in [-0.1, -0.05) is 0 Å². The van der Waals surface area contributed by atoms with Crippen LogP contribution in [0.15, 0.2) is 41.2 Å². The van der Waals surface area contributed by atoms with Crippen LogP contribution in [0.2, 0.25) is 0 Å². The van der Waals surface area contributed by atoms with Gasteiger partial charge in [0.15, 0.2) is 5.78 Å². The van der Waals surface area contributed by atoms with E-state index < -0.39 is 0 Å². The van der Waals surface area contributed by atoms with Crippen LogP contribution < -0.4 is 10.5 Å². The minimum absolute atomic E-state index is 0.0356. The summed E-state index contributed by atoms with van der Waals surface area (Å²) >= 11 is 0. The zero-order valence-electron chi connectivity index (χ0n) is 9.47. The Morgan fingerprint density at radius 2 is 2.24 bits per heavy atom. The third-order valence-corrected chi connectivity index (χ3v) is 2.50. The number of Topliss-reactive ketones (excluding diaryl/α,β-unsaturated/α-hetero) is 1. The van der Waals surface area contributed by atoms with Gasteiger partial charge in [-0.3, -0.25) is 4.79 Å². The summed E-state index contributed by atoms with van der Waals surface area (Å²) in [6, 6.07) is 6.80. The van der Waals surface area contributed by atoms with Crippen LogP contribution in [0, 0.1) is 0 Å². The summed E-state index contributed by atoms with van der Waals surface area (Å²) in [6.07, 6.45) is 3.38. The molecule has 1 aromatic heterocycles. The number of ether oxygens (including phenoxy) is 1. The molecule has 0 bridgehead atoms. The molecule has 1 aromatic carbocycles. The number of nitrogens with two attached hydrogens (primary N) is 1. The van der Waals surface area contributed by atoms with Crippen molar-refractivity contribution in [1.82, 2.24) is 0 Å². The summed E-state index contributed by atoms with van der Waals surface area (Å²) in [5.41, 5.74) is 7.58. The lowest BCUT2D eigenvalue weighted by atomic mass is 10.0. The van der Waals surface area contributed by atoms with Gasteiger partial charge in [0.1, 0.15) is 5.75 Å². The maximum Gasteiger partial charge on any atom is 0.169 e. The first-order chi connectivity index (χ1) is 8.20. The molecule has 0 saturated carbocycles. The van der Waals surface area contributed by atoms with Crippen molar-refractivity contribution in [3.8, 4) is 5.75 Å². The number of hydrogen-bond donors (Lipinski definition) is 1. The summed E-state index contributed by atoms with van der Waals surface area (Å²) in [7, 11) is 1.56. The van der Waals surface area contributed by atoms with Gasteiger partial charge >= 0.3 is 0 Å². The number of rotatable bonds is 4. The van der Waals surface area contributed by atoms with Crippen molar-refractivity contribution in [1.29, 1.82) is 0 Å². The van der Waals surface area contributed by atoms with Gasteiger partial charge in [0.05, 0.1) is 19.6 Å². The Bertz CT molecular complexity index is 517. The molecule has 2 N–H and O–H groups in total. The number of nitrogen functional groups attached to an aromatic ring is 1. The topological polar surface area (TPSA) is 65.5 Å². The minimum Gasteiger partial charge on any atom is -0.497 e. The molecule has 2 aromatic rings. The fourth-order valence-corrected chi connectivity index (χ4v) is 1.60. The van der Waals surface area contributed by atoms with Crippen molar-refractivity contribution in [3.63, 3.8) is 0 Å². The molecule has 0 amide bonds. The van der Waals surface area contributed by atoms with Gasteiger partial charge in [0.25, 0.3) is 0 Å². The molecule has 17 heavy (non-hydrogen) atoms. The predicted molar refractivity (Wildman–Crippen MR) is 64.1 cm³/mol. The van der Waals surface area contributed by atoms with Gasteiger partial charge in [-0.15, -0.1) is 0 Å². The quantitative estimate of drug-likeness (QED) is 0.647. The van der Waals surface area contributed by atoms with E-state index >= 15 is 0 Å². The monoisotopic (exact) mass is 231 g/mol. The van der Waals surface area contributed by atoms with Crippen molar-refractivity contribution in [3.05, 3.63) is 47.9 Å². The summed E-state index contributed by atoms with van der Waals surface area (Å²) in [6.45, 7) is 0. The molecule has 0 atom stereocenters. The highest BCUT2D eigenvalue weighted by molar-refractivity contribution is 6.02. The molecule has 88 valence electrons. The second-order valence-electron chi connectivity index (χ2n) is 3.68. The third kappa shape index (κ3) is 2.47. The Morgan fingerprint density at radius 1 is 1.41 bits per heavy atom. The molecule has 1 heterocycles. The van der Waals surface area contributed by atoms with E-state index in [0.29, 0.717) is 17.0 Å². The molecule has 0 radical (unpaired) electrons. The number of carbonyl (C=O) groups is 1. The van der Waals surface area contributed by atoms with Crippen LogP contribution in [-0.4, -0.2) is 12.9 Å². The Morgan fingerprint density at radius 3 is 2.82 bits per heavy atom. The number of furan rings is 1. The van der Waals surface area contributed by atoms with Crippen molar-refractivity contribution in [2.24, 2.45) is 0 Å². The number of ketones is 1. The smallest absolute Gasteiger partial charge is 0.169 e. The van der Waals surface area contributed by atoms with E-state index in [-0.39, 0.29) is 12.2 Å². The third-order valence-electron chi connectivity index (χ3n) is 2.50. The standard InChI is InChI=1S/C13H13NO3/c1-16-10-2-3-11(12(14)7-10)13(15)6-9-4-5-17-8-9/h2-5,7-8H,6,14H2,1H3. The van der Waals surface area contributed by atoms with E-state index in [2.05, 4.69) is 0 Å². The summed E-state index contributed by atoms with van der Waals surface area (Å²) in [5.74, 6) is 0.605. The van der Waals surface area contributed by atoms with Crippen LogP contribution in [0.3, 0.4) is 0 Å². The number of hydrogen-bond acceptors (Lipinski definition) is 4. The summed E-state index contributed by atoms with van der Waals surface area (Å²) < 4.78 is 9.94. The van der Waals surface area contributed by atoms with E-state index in [1.54, 1.807) is 43.9 Å². The second-order valence-corrected chi connectivity index (χ2v) is 3.68. The number of anilines is 1. The Hall–Kier alpha value is -2.23. The normalized spacial score (nSPS) is 10.2. The molecule has 4 nitrogen and oxygen atoms in total. The van der Waals surface area contributed by atoms with Gasteiger partial charge in [0.2, 0.25) is 0 Å². The lowest BCUT2D eigenvalue weighted by Crippen LogP contribution is -2.06. The zero-order valence-corrected chi connectivity index (χ0v) is 9.47. The van der Waals surface area contributed by atoms with Crippen LogP contribution in [-0.2, 0) is 6.42 Å². The van der Waals surface area contributed by atoms with Gasteiger partial charge in [-0.05, 0) is 23.8 Å². The van der Waals surface area contributed by atoms with Crippen LogP contribution in [0.25, 0.3) is 0 Å². The first kappa shape index (κ1) is 11.3. The van der Waals surface area contributed by atoms with Crippen LogP contribution in [0.5, 0.6) is 5.75 Å². The molecule has 4 heteroatoms. The van der Waals surface area contributed by atoms with Gasteiger partial charge in [-0.2, -0.15) is 0 Å². The molecule has 0 aliphatic rings. The van der Waals surface area contributed by atoms with E-state index in [4.69, 9.17) is 14.9 Å². The molecule has 0 aliphatic carbocycles. The largest absolute Gasteiger partial charge is 0.497 e. The molecule has 0 fully saturated rings. The lowest BCUT2D eigenvalue weighted by molar-refractivity contribution is 0.0993. The van der Waals surface area contributed by atoms with Crippen molar-refractivity contribution < 1.29 is 13.9 Å². The molecule has 0 spiro atoms. The minimum atomic E-state index is -0.0356. The van der Waals surface area contributed by atoms with E-state index in [1.165, 1.54) is 0 Å². The van der Waals surface area contributed by atoms with Crippen molar-refractivity contribution >= 4 is 11.5 Å². The molecular weight excluding hydrogens is 218 g/mol. The maximum atomic E-state index is 12.0. The van der Waals surface area contributed by atoms with Crippen LogP contribution in [0.1, 0.15) is 15.9 Å². The van der Waals surface area contributed by atoms with Crippen molar-refractivity contribution in [2.45, 2.75) is 6.42 Å². The Balaban J connectivity index is 2.19. The first-order valence-corrected chi connectivity index (χ1v) is 5.18. The van der Waals surface area contributed by atoms with Gasteiger partial charge in [-0.25, -0.2) is 0 Å². The SMILES string of the molecule is COc1ccc(C(=O)Cc2ccoc2)c(N)c1. The number of methoxy groups -OCH3 is 1. The van der Waals surface area contributed by atoms with Crippen molar-refractivity contribution in [2.75, 3.05) is 12.8 Å². The molecule has 2 rings (SSSR count). The van der Waals surface area contributed by atoms with Crippen LogP contribution in [0.4, 0.5) is 5.69 Å². The molecular formula is C13H13NO3. The van der Waals surface area contributed by atoms with E-state index in [1.807, 2.05) is 0 Å². The fourth-order valence-electron chi connectivity index (χ4n) is 1.60. The summed E-state index contributed by atoms with van der Waals surface area (Å²) in [4.78, 5) is 12.0. The van der Waals surface area contributed by atoms with E-state index in [9.17, 15) is 4.79 Å². The Kier molecular flexibility index (Phi) is 3.14. The van der Waals surface area contributed by atoms with Gasteiger partial charge < -0.3 is 14.9 Å². The maximum absolute atomic E-state index is 12.0. The fraction of sp³-hybridized carbons (Fsp3) is 0.154. The highest BCUT2D eigenvalue weighted by Crippen LogP contribution is 2.21. The summed E-state index contributed by atoms with van der Waals surface area (Å²) in [5, 5.41) is 0. The highest BCUT2D eigenvalue weighted by Gasteiger charge is 2.11. The first-order valence-electron chi connectivity index (χ1n) is 5.18. The molecule has 0 aliphatic heterocycles. The predicted octanol–water partition coefficient (Wildman–Crippen LogP) is 2.30. The van der Waals surface area contributed by atoms with E-state index in [0.717, 1.165) is 5.56 Å². The highest BCUT2D eigenvalue weighted by atomic mass is 16.5. The number of benzene rings is 1. The number of carbonyl (C=O) groups excluding carboxylic acids is 1. The zero-order chi connectivity index (χ0) is 12.3. The van der Waals surface area contributed by atoms with Gasteiger partial charge in [0, 0.05) is 23.7 Å². The second kappa shape index (κ2) is 4.74. The lowest BCUT2D eigenvalue weighted by Gasteiger charge is -2.06. The average molecular weight is 231 g/mol. The Labute approximate surface area is 99.0 Å². The molecule has 0 saturated heterocycles. The average Bonchev–Trinajstić information content (AvgIpc) is 2.81. The molecule has 0 unspecified atom stereocenters. The van der Waals surface area contributed by atoms with Crippen LogP contribution >= 0.6 is 0 Å².